The number of nitrogens with one attached hydrogen (secondary N) is 2. The molecule has 0 saturated carbocycles. The second kappa shape index (κ2) is 7.68. The molecule has 2 amide bonds. The minimum absolute atomic E-state index is 0.0830. The van der Waals surface area contributed by atoms with Crippen LogP contribution in [0.15, 0.2) is 22.7 Å². The van der Waals surface area contributed by atoms with Crippen LogP contribution in [0.1, 0.15) is 19.8 Å². The molecule has 7 heteroatoms. The van der Waals surface area contributed by atoms with E-state index < -0.39 is 12.0 Å². The summed E-state index contributed by atoms with van der Waals surface area (Å²) in [5.74, 6) is -0.927. The highest BCUT2D eigenvalue weighted by Crippen LogP contribution is 2.22. The number of carbonyl (C=O) groups is 2. The Hall–Kier alpha value is -0.830. The minimum Gasteiger partial charge on any atom is -0.481 e. The Morgan fingerprint density at radius 2 is 2.16 bits per heavy atom. The van der Waals surface area contributed by atoms with Crippen molar-refractivity contribution >= 4 is 56.2 Å². The molecule has 0 aliphatic rings. The van der Waals surface area contributed by atoms with E-state index in [-0.39, 0.29) is 12.5 Å². The van der Waals surface area contributed by atoms with E-state index in [0.29, 0.717) is 12.1 Å². The molecule has 0 spiro atoms. The topological polar surface area (TPSA) is 78.4 Å². The van der Waals surface area contributed by atoms with Crippen molar-refractivity contribution in [1.82, 2.24) is 5.32 Å². The second-order valence-electron chi connectivity index (χ2n) is 3.93. The quantitative estimate of drug-likeness (QED) is 0.614. The van der Waals surface area contributed by atoms with Crippen LogP contribution >= 0.6 is 38.5 Å². The van der Waals surface area contributed by atoms with Gasteiger partial charge in [-0.15, -0.1) is 0 Å². The standard InChI is InChI=1S/C12H14BrIN2O3/c1-2-7(6-11(17)18)15-12(19)16-8-3-4-10(14)9(13)5-8/h3-5,7H,2,6H2,1H3,(H,17,18)(H2,15,16,19). The maximum absolute atomic E-state index is 11.7. The van der Waals surface area contributed by atoms with Gasteiger partial charge < -0.3 is 15.7 Å². The van der Waals surface area contributed by atoms with Gasteiger partial charge in [0.15, 0.2) is 0 Å². The summed E-state index contributed by atoms with van der Waals surface area (Å²) in [6.45, 7) is 1.83. The lowest BCUT2D eigenvalue weighted by atomic mass is 10.1. The van der Waals surface area contributed by atoms with Crippen LogP contribution in [0.5, 0.6) is 0 Å². The number of anilines is 1. The van der Waals surface area contributed by atoms with Gasteiger partial charge in [0, 0.05) is 19.8 Å². The molecule has 1 atom stereocenters. The summed E-state index contributed by atoms with van der Waals surface area (Å²) in [4.78, 5) is 22.3. The summed E-state index contributed by atoms with van der Waals surface area (Å²) in [6.07, 6.45) is 0.483. The Balaban J connectivity index is 2.58. The first-order valence-electron chi connectivity index (χ1n) is 5.66. The fraction of sp³-hybridized carbons (Fsp3) is 0.333. The van der Waals surface area contributed by atoms with E-state index in [4.69, 9.17) is 5.11 Å². The number of hydrogen-bond acceptors (Lipinski definition) is 2. The number of benzene rings is 1. The van der Waals surface area contributed by atoms with Crippen LogP contribution in [-0.2, 0) is 4.79 Å². The largest absolute Gasteiger partial charge is 0.481 e. The summed E-state index contributed by atoms with van der Waals surface area (Å²) < 4.78 is 1.93. The van der Waals surface area contributed by atoms with Gasteiger partial charge in [-0.3, -0.25) is 4.79 Å². The lowest BCUT2D eigenvalue weighted by Crippen LogP contribution is -2.38. The van der Waals surface area contributed by atoms with E-state index >= 15 is 0 Å². The van der Waals surface area contributed by atoms with Crippen molar-refractivity contribution < 1.29 is 14.7 Å². The molecule has 0 aliphatic carbocycles. The fourth-order valence-corrected chi connectivity index (χ4v) is 2.15. The Bertz CT molecular complexity index is 482. The lowest BCUT2D eigenvalue weighted by Gasteiger charge is -2.15. The third-order valence-corrected chi connectivity index (χ3v) is 4.76. The molecule has 5 nitrogen and oxygen atoms in total. The van der Waals surface area contributed by atoms with Crippen molar-refractivity contribution in [2.45, 2.75) is 25.8 Å². The SMILES string of the molecule is CCC(CC(=O)O)NC(=O)Nc1ccc(I)c(Br)c1. The van der Waals surface area contributed by atoms with E-state index in [1.54, 1.807) is 12.1 Å². The van der Waals surface area contributed by atoms with Crippen molar-refractivity contribution in [3.63, 3.8) is 0 Å². The van der Waals surface area contributed by atoms with Gasteiger partial charge in [-0.2, -0.15) is 0 Å². The molecule has 19 heavy (non-hydrogen) atoms. The third kappa shape index (κ3) is 5.77. The molecule has 0 aliphatic heterocycles. The Labute approximate surface area is 133 Å². The van der Waals surface area contributed by atoms with Crippen LogP contribution < -0.4 is 10.6 Å². The number of halogens is 2. The monoisotopic (exact) mass is 440 g/mol. The summed E-state index contributed by atoms with van der Waals surface area (Å²) in [5.41, 5.74) is 0.648. The van der Waals surface area contributed by atoms with Crippen LogP contribution in [0.2, 0.25) is 0 Å². The molecule has 0 heterocycles. The van der Waals surface area contributed by atoms with Gasteiger partial charge >= 0.3 is 12.0 Å². The fourth-order valence-electron chi connectivity index (χ4n) is 1.43. The Kier molecular flexibility index (Phi) is 6.56. The minimum atomic E-state index is -0.927. The first-order valence-corrected chi connectivity index (χ1v) is 7.54. The van der Waals surface area contributed by atoms with Gasteiger partial charge in [0.25, 0.3) is 0 Å². The highest BCUT2D eigenvalue weighted by Gasteiger charge is 2.14. The predicted octanol–water partition coefficient (Wildman–Crippen LogP) is 3.43. The Morgan fingerprint density at radius 1 is 1.47 bits per heavy atom. The Morgan fingerprint density at radius 3 is 2.68 bits per heavy atom. The molecule has 1 unspecified atom stereocenters. The third-order valence-electron chi connectivity index (χ3n) is 2.43. The molecule has 0 bridgehead atoms. The lowest BCUT2D eigenvalue weighted by molar-refractivity contribution is -0.137. The second-order valence-corrected chi connectivity index (χ2v) is 5.95. The van der Waals surface area contributed by atoms with Crippen LogP contribution in [0.25, 0.3) is 0 Å². The molecule has 1 aromatic rings. The van der Waals surface area contributed by atoms with E-state index in [2.05, 4.69) is 49.2 Å². The highest BCUT2D eigenvalue weighted by molar-refractivity contribution is 14.1. The summed E-state index contributed by atoms with van der Waals surface area (Å²) in [7, 11) is 0. The predicted molar refractivity (Wildman–Crippen MR) is 85.3 cm³/mol. The van der Waals surface area contributed by atoms with Crippen molar-refractivity contribution in [2.75, 3.05) is 5.32 Å². The molecular weight excluding hydrogens is 427 g/mol. The number of carbonyl (C=O) groups excluding carboxylic acids is 1. The van der Waals surface area contributed by atoms with Crippen LogP contribution in [0.4, 0.5) is 10.5 Å². The van der Waals surface area contributed by atoms with Crippen molar-refractivity contribution in [3.8, 4) is 0 Å². The zero-order chi connectivity index (χ0) is 14.4. The van der Waals surface area contributed by atoms with Crippen LogP contribution in [-0.4, -0.2) is 23.1 Å². The molecule has 0 fully saturated rings. The summed E-state index contributed by atoms with van der Waals surface area (Å²) >= 11 is 5.55. The molecule has 3 N–H and O–H groups in total. The normalized spacial score (nSPS) is 11.7. The number of amides is 2. The molecule has 0 aromatic heterocycles. The average molecular weight is 441 g/mol. The molecule has 1 rings (SSSR count). The van der Waals surface area contributed by atoms with Gasteiger partial charge in [-0.1, -0.05) is 6.92 Å². The number of hydrogen-bond donors (Lipinski definition) is 3. The number of aliphatic carboxylic acids is 1. The van der Waals surface area contributed by atoms with Gasteiger partial charge in [0.1, 0.15) is 0 Å². The molecule has 0 saturated heterocycles. The molecule has 104 valence electrons. The van der Waals surface area contributed by atoms with E-state index in [0.717, 1.165) is 8.04 Å². The van der Waals surface area contributed by atoms with Crippen molar-refractivity contribution in [3.05, 3.63) is 26.2 Å². The maximum atomic E-state index is 11.7. The van der Waals surface area contributed by atoms with Gasteiger partial charge in [0.05, 0.1) is 6.42 Å². The highest BCUT2D eigenvalue weighted by atomic mass is 127. The maximum Gasteiger partial charge on any atom is 0.319 e. The zero-order valence-corrected chi connectivity index (χ0v) is 14.0. The van der Waals surface area contributed by atoms with E-state index in [1.165, 1.54) is 0 Å². The molecular formula is C12H14BrIN2O3. The average Bonchev–Trinajstić information content (AvgIpc) is 2.32. The first kappa shape index (κ1) is 16.2. The van der Waals surface area contributed by atoms with E-state index in [1.807, 2.05) is 13.0 Å². The number of carboxylic acid groups (broad SMARTS) is 1. The molecule has 0 radical (unpaired) electrons. The number of rotatable bonds is 5. The summed E-state index contributed by atoms with van der Waals surface area (Å²) in [6, 6.07) is 4.67. The van der Waals surface area contributed by atoms with Gasteiger partial charge in [-0.05, 0) is 63.1 Å². The summed E-state index contributed by atoms with van der Waals surface area (Å²) in [5, 5.41) is 14.0. The van der Waals surface area contributed by atoms with Crippen LogP contribution in [0.3, 0.4) is 0 Å². The van der Waals surface area contributed by atoms with E-state index in [9.17, 15) is 9.59 Å². The molecule has 1 aromatic carbocycles. The number of carboxylic acids is 1. The smallest absolute Gasteiger partial charge is 0.319 e. The number of urea groups is 1. The van der Waals surface area contributed by atoms with Crippen molar-refractivity contribution in [1.29, 1.82) is 0 Å². The zero-order valence-electron chi connectivity index (χ0n) is 10.2. The first-order chi connectivity index (χ1) is 8.92. The van der Waals surface area contributed by atoms with Gasteiger partial charge in [-0.25, -0.2) is 4.79 Å². The van der Waals surface area contributed by atoms with Gasteiger partial charge in [0.2, 0.25) is 0 Å². The van der Waals surface area contributed by atoms with Crippen LogP contribution in [0, 0.1) is 3.57 Å². The van der Waals surface area contributed by atoms with Crippen molar-refractivity contribution in [2.24, 2.45) is 0 Å².